The summed E-state index contributed by atoms with van der Waals surface area (Å²) < 4.78 is 0. The van der Waals surface area contributed by atoms with Gasteiger partial charge in [-0.2, -0.15) is 0 Å². The molecule has 0 saturated heterocycles. The number of aryl methyl sites for hydroxylation is 1. The molecule has 1 aromatic carbocycles. The normalized spacial score (nSPS) is 13.6. The molecule has 0 fully saturated rings. The second kappa shape index (κ2) is 5.59. The number of nitrogens with zero attached hydrogens (tertiary/aromatic N) is 1. The topological polar surface area (TPSA) is 50.9 Å². The van der Waals surface area contributed by atoms with E-state index in [1.165, 1.54) is 36.1 Å². The number of rotatable bonds is 3. The van der Waals surface area contributed by atoms with Gasteiger partial charge in [-0.1, -0.05) is 24.4 Å². The highest BCUT2D eigenvalue weighted by atomic mass is 32.1. The number of fused-ring (bicyclic) bond motifs is 1. The molecule has 1 aliphatic carbocycles. The van der Waals surface area contributed by atoms with Gasteiger partial charge in [-0.3, -0.25) is 4.98 Å². The first kappa shape index (κ1) is 13.1. The van der Waals surface area contributed by atoms with Crippen LogP contribution in [0.5, 0.6) is 0 Å². The maximum Gasteiger partial charge on any atom is 0.122 e. The fourth-order valence-corrected chi connectivity index (χ4v) is 2.79. The van der Waals surface area contributed by atoms with Crippen LogP contribution in [0.2, 0.25) is 0 Å². The minimum atomic E-state index is 0.327. The summed E-state index contributed by atoms with van der Waals surface area (Å²) >= 11 is 4.91. The van der Waals surface area contributed by atoms with Crippen LogP contribution in [-0.2, 0) is 12.8 Å². The van der Waals surface area contributed by atoms with E-state index in [-0.39, 0.29) is 0 Å². The smallest absolute Gasteiger partial charge is 0.122 e. The van der Waals surface area contributed by atoms with E-state index in [2.05, 4.69) is 28.5 Å². The van der Waals surface area contributed by atoms with Crippen LogP contribution in [0.4, 0.5) is 11.4 Å². The number of aromatic nitrogens is 1. The second-order valence-electron chi connectivity index (χ2n) is 5.07. The van der Waals surface area contributed by atoms with Crippen molar-refractivity contribution in [3.63, 3.8) is 0 Å². The van der Waals surface area contributed by atoms with E-state index in [1.807, 2.05) is 12.1 Å². The van der Waals surface area contributed by atoms with Crippen LogP contribution >= 0.6 is 12.2 Å². The number of anilines is 2. The Hall–Kier alpha value is -1.94. The maximum atomic E-state index is 5.56. The summed E-state index contributed by atoms with van der Waals surface area (Å²) in [4.78, 5) is 4.59. The summed E-state index contributed by atoms with van der Waals surface area (Å²) in [7, 11) is 0. The Morgan fingerprint density at radius 2 is 2.00 bits per heavy atom. The van der Waals surface area contributed by atoms with Gasteiger partial charge in [0.1, 0.15) is 4.99 Å². The number of hydrogen-bond acceptors (Lipinski definition) is 3. The molecule has 20 heavy (non-hydrogen) atoms. The molecule has 0 unspecified atom stereocenters. The van der Waals surface area contributed by atoms with Crippen LogP contribution in [0.25, 0.3) is 0 Å². The lowest BCUT2D eigenvalue weighted by Gasteiger charge is -2.20. The summed E-state index contributed by atoms with van der Waals surface area (Å²) in [6.45, 7) is 0. The first-order chi connectivity index (χ1) is 9.74. The third-order valence-electron chi connectivity index (χ3n) is 3.69. The highest BCUT2D eigenvalue weighted by Gasteiger charge is 2.12. The largest absolute Gasteiger partial charge is 0.388 e. The zero-order chi connectivity index (χ0) is 13.9. The number of nitrogens with one attached hydrogen (secondary N) is 1. The first-order valence-electron chi connectivity index (χ1n) is 6.88. The Bertz CT molecular complexity index is 635. The van der Waals surface area contributed by atoms with Crippen LogP contribution in [0.3, 0.4) is 0 Å². The number of hydrogen-bond donors (Lipinski definition) is 2. The molecule has 3 N–H and O–H groups in total. The molecule has 2 aromatic rings. The van der Waals surface area contributed by atoms with E-state index < -0.39 is 0 Å². The van der Waals surface area contributed by atoms with E-state index in [4.69, 9.17) is 18.0 Å². The molecular weight excluding hydrogens is 266 g/mol. The van der Waals surface area contributed by atoms with Crippen molar-refractivity contribution in [1.82, 2.24) is 4.98 Å². The zero-order valence-electron chi connectivity index (χ0n) is 11.2. The Morgan fingerprint density at radius 1 is 1.15 bits per heavy atom. The standard InChI is InChI=1S/C16H17N3S/c17-16(20)15-9-8-12(10-18-15)19-14-7-3-5-11-4-1-2-6-13(11)14/h3,5,7-10,19H,1-2,4,6H2,(H2,17,20). The lowest BCUT2D eigenvalue weighted by molar-refractivity contribution is 0.687. The predicted octanol–water partition coefficient (Wildman–Crippen LogP) is 3.34. The van der Waals surface area contributed by atoms with Crippen LogP contribution < -0.4 is 11.1 Å². The minimum absolute atomic E-state index is 0.327. The SMILES string of the molecule is NC(=S)c1ccc(Nc2cccc3c2CCCC3)cn1. The fourth-order valence-electron chi connectivity index (χ4n) is 2.67. The van der Waals surface area contributed by atoms with Gasteiger partial charge in [0, 0.05) is 5.69 Å². The Balaban J connectivity index is 1.86. The van der Waals surface area contributed by atoms with Crippen molar-refractivity contribution in [2.45, 2.75) is 25.7 Å². The lowest BCUT2D eigenvalue weighted by atomic mass is 9.90. The molecule has 0 atom stereocenters. The molecular formula is C16H17N3S. The van der Waals surface area contributed by atoms with E-state index in [9.17, 15) is 0 Å². The van der Waals surface area contributed by atoms with Gasteiger partial charge in [-0.15, -0.1) is 0 Å². The molecule has 102 valence electrons. The molecule has 4 heteroatoms. The van der Waals surface area contributed by atoms with E-state index in [1.54, 1.807) is 6.20 Å². The monoisotopic (exact) mass is 283 g/mol. The highest BCUT2D eigenvalue weighted by molar-refractivity contribution is 7.80. The molecule has 3 nitrogen and oxygen atoms in total. The molecule has 0 saturated carbocycles. The molecule has 3 rings (SSSR count). The summed E-state index contributed by atoms with van der Waals surface area (Å²) in [6, 6.07) is 10.3. The zero-order valence-corrected chi connectivity index (χ0v) is 12.0. The van der Waals surface area contributed by atoms with Gasteiger partial charge in [0.05, 0.1) is 17.6 Å². The summed E-state index contributed by atoms with van der Waals surface area (Å²) in [6.07, 6.45) is 6.67. The number of nitrogens with two attached hydrogens (primary N) is 1. The van der Waals surface area contributed by atoms with Crippen LogP contribution in [0.1, 0.15) is 29.7 Å². The van der Waals surface area contributed by atoms with Gasteiger partial charge in [-0.25, -0.2) is 0 Å². The van der Waals surface area contributed by atoms with Gasteiger partial charge < -0.3 is 11.1 Å². The lowest BCUT2D eigenvalue weighted by Crippen LogP contribution is -2.11. The first-order valence-corrected chi connectivity index (χ1v) is 7.28. The summed E-state index contributed by atoms with van der Waals surface area (Å²) in [5.74, 6) is 0. The Morgan fingerprint density at radius 3 is 2.75 bits per heavy atom. The van der Waals surface area contributed by atoms with Gasteiger partial charge in [0.2, 0.25) is 0 Å². The molecule has 1 aliphatic rings. The Labute approximate surface area is 124 Å². The average molecular weight is 283 g/mol. The van der Waals surface area contributed by atoms with Crippen molar-refractivity contribution >= 4 is 28.6 Å². The quantitative estimate of drug-likeness (QED) is 0.848. The van der Waals surface area contributed by atoms with Crippen molar-refractivity contribution in [3.8, 4) is 0 Å². The van der Waals surface area contributed by atoms with Gasteiger partial charge >= 0.3 is 0 Å². The van der Waals surface area contributed by atoms with Crippen molar-refractivity contribution < 1.29 is 0 Å². The van der Waals surface area contributed by atoms with Gasteiger partial charge in [0.15, 0.2) is 0 Å². The van der Waals surface area contributed by atoms with E-state index >= 15 is 0 Å². The molecule has 0 amide bonds. The third kappa shape index (κ3) is 2.65. The van der Waals surface area contributed by atoms with E-state index in [0.717, 1.165) is 12.1 Å². The third-order valence-corrected chi connectivity index (χ3v) is 3.90. The molecule has 1 aromatic heterocycles. The van der Waals surface area contributed by atoms with Crippen molar-refractivity contribution in [3.05, 3.63) is 53.3 Å². The second-order valence-corrected chi connectivity index (χ2v) is 5.51. The summed E-state index contributed by atoms with van der Waals surface area (Å²) in [5.41, 5.74) is 11.3. The molecule has 1 heterocycles. The Kier molecular flexibility index (Phi) is 3.65. The molecule has 0 aliphatic heterocycles. The molecule has 0 radical (unpaired) electrons. The van der Waals surface area contributed by atoms with E-state index in [0.29, 0.717) is 10.7 Å². The molecule has 0 spiro atoms. The van der Waals surface area contributed by atoms with Crippen molar-refractivity contribution in [2.75, 3.05) is 5.32 Å². The minimum Gasteiger partial charge on any atom is -0.388 e. The predicted molar refractivity (Wildman–Crippen MR) is 86.5 cm³/mol. The van der Waals surface area contributed by atoms with Crippen LogP contribution in [0.15, 0.2) is 36.5 Å². The fraction of sp³-hybridized carbons (Fsp3) is 0.250. The van der Waals surface area contributed by atoms with Crippen molar-refractivity contribution in [1.29, 1.82) is 0 Å². The maximum absolute atomic E-state index is 5.56. The summed E-state index contributed by atoms with van der Waals surface area (Å²) in [5, 5.41) is 3.45. The number of benzene rings is 1. The number of thiocarbonyl (C=S) groups is 1. The molecule has 0 bridgehead atoms. The van der Waals surface area contributed by atoms with Crippen LogP contribution in [-0.4, -0.2) is 9.97 Å². The van der Waals surface area contributed by atoms with Gasteiger partial charge in [-0.05, 0) is 55.0 Å². The average Bonchev–Trinajstić information content (AvgIpc) is 2.48. The van der Waals surface area contributed by atoms with Crippen molar-refractivity contribution in [2.24, 2.45) is 5.73 Å². The number of pyridine rings is 1. The van der Waals surface area contributed by atoms with Crippen LogP contribution in [0, 0.1) is 0 Å². The van der Waals surface area contributed by atoms with Gasteiger partial charge in [0.25, 0.3) is 0 Å². The highest BCUT2D eigenvalue weighted by Crippen LogP contribution is 2.29.